The second kappa shape index (κ2) is 6.80. The summed E-state index contributed by atoms with van der Waals surface area (Å²) < 4.78 is 1.96. The average Bonchev–Trinajstić information content (AvgIpc) is 2.61. The molecule has 0 aromatic carbocycles. The van der Waals surface area contributed by atoms with Crippen LogP contribution in [-0.4, -0.2) is 27.8 Å². The van der Waals surface area contributed by atoms with E-state index in [0.717, 1.165) is 6.54 Å². The van der Waals surface area contributed by atoms with E-state index in [1.165, 1.54) is 36.9 Å². The molecule has 0 aliphatic carbocycles. The maximum Gasteiger partial charge on any atom is 0.0537 e. The third-order valence-electron chi connectivity index (χ3n) is 3.62. The van der Waals surface area contributed by atoms with Crippen molar-refractivity contribution in [2.24, 2.45) is 7.05 Å². The van der Waals surface area contributed by atoms with E-state index in [2.05, 4.69) is 37.8 Å². The lowest BCUT2D eigenvalue weighted by molar-refractivity contribution is 0.208. The Bertz CT molecular complexity index is 324. The first-order chi connectivity index (χ1) is 8.10. The normalized spacial score (nSPS) is 11.7. The Morgan fingerprint density at radius 1 is 1.29 bits per heavy atom. The van der Waals surface area contributed by atoms with E-state index in [4.69, 9.17) is 0 Å². The van der Waals surface area contributed by atoms with Crippen molar-refractivity contribution < 1.29 is 0 Å². The summed E-state index contributed by atoms with van der Waals surface area (Å²) in [5.74, 6) is 0. The molecule has 0 atom stereocenters. The summed E-state index contributed by atoms with van der Waals surface area (Å²) in [6.07, 6.45) is 7.12. The van der Waals surface area contributed by atoms with Gasteiger partial charge in [-0.05, 0) is 26.8 Å². The second-order valence-electron chi connectivity index (χ2n) is 5.03. The number of rotatable bonds is 7. The van der Waals surface area contributed by atoms with Gasteiger partial charge in [0.2, 0.25) is 0 Å². The minimum absolute atomic E-state index is 0.713. The SMILES string of the molecule is CCCC(CCC)N(C)Cc1cnn(C)c1C. The van der Waals surface area contributed by atoms with Crippen LogP contribution in [0.5, 0.6) is 0 Å². The van der Waals surface area contributed by atoms with Gasteiger partial charge in [0, 0.05) is 30.9 Å². The first kappa shape index (κ1) is 14.2. The van der Waals surface area contributed by atoms with Crippen molar-refractivity contribution in [3.8, 4) is 0 Å². The van der Waals surface area contributed by atoms with E-state index in [1.807, 2.05) is 17.9 Å². The van der Waals surface area contributed by atoms with E-state index in [-0.39, 0.29) is 0 Å². The summed E-state index contributed by atoms with van der Waals surface area (Å²) in [6.45, 7) is 7.70. The molecule has 0 saturated carbocycles. The molecule has 0 fully saturated rings. The van der Waals surface area contributed by atoms with E-state index >= 15 is 0 Å². The monoisotopic (exact) mass is 237 g/mol. The van der Waals surface area contributed by atoms with Crippen molar-refractivity contribution in [3.63, 3.8) is 0 Å². The Morgan fingerprint density at radius 2 is 1.88 bits per heavy atom. The summed E-state index contributed by atoms with van der Waals surface area (Å²) in [7, 11) is 4.25. The molecule has 0 radical (unpaired) electrons. The lowest BCUT2D eigenvalue weighted by Crippen LogP contribution is -2.31. The zero-order chi connectivity index (χ0) is 12.8. The molecule has 0 amide bonds. The predicted octanol–water partition coefficient (Wildman–Crippen LogP) is 3.13. The van der Waals surface area contributed by atoms with Crippen molar-refractivity contribution in [1.29, 1.82) is 0 Å². The lowest BCUT2D eigenvalue weighted by Gasteiger charge is -2.27. The zero-order valence-corrected chi connectivity index (χ0v) is 12.0. The van der Waals surface area contributed by atoms with Gasteiger partial charge in [-0.2, -0.15) is 5.10 Å². The molecule has 0 saturated heterocycles. The highest BCUT2D eigenvalue weighted by Gasteiger charge is 2.15. The van der Waals surface area contributed by atoms with Gasteiger partial charge in [0.25, 0.3) is 0 Å². The Kier molecular flexibility index (Phi) is 5.69. The molecule has 17 heavy (non-hydrogen) atoms. The van der Waals surface area contributed by atoms with Gasteiger partial charge in [0.05, 0.1) is 6.20 Å². The number of nitrogens with zero attached hydrogens (tertiary/aromatic N) is 3. The zero-order valence-electron chi connectivity index (χ0n) is 12.0. The summed E-state index contributed by atoms with van der Waals surface area (Å²) >= 11 is 0. The lowest BCUT2D eigenvalue weighted by atomic mass is 10.0. The molecule has 1 aromatic heterocycles. The Morgan fingerprint density at radius 3 is 2.29 bits per heavy atom. The molecule has 0 aliphatic rings. The predicted molar refractivity (Wildman–Crippen MR) is 73.0 cm³/mol. The van der Waals surface area contributed by atoms with Crippen LogP contribution in [0.15, 0.2) is 6.20 Å². The maximum absolute atomic E-state index is 4.31. The van der Waals surface area contributed by atoms with Gasteiger partial charge in [-0.1, -0.05) is 26.7 Å². The molecule has 1 heterocycles. The topological polar surface area (TPSA) is 21.1 Å². The molecule has 0 N–H and O–H groups in total. The molecule has 3 nitrogen and oxygen atoms in total. The van der Waals surface area contributed by atoms with Gasteiger partial charge < -0.3 is 0 Å². The number of hydrogen-bond donors (Lipinski definition) is 0. The maximum atomic E-state index is 4.31. The Balaban J connectivity index is 2.62. The van der Waals surface area contributed by atoms with Gasteiger partial charge in [-0.3, -0.25) is 9.58 Å². The highest BCUT2D eigenvalue weighted by atomic mass is 15.3. The summed E-state index contributed by atoms with van der Waals surface area (Å²) in [4.78, 5) is 2.48. The van der Waals surface area contributed by atoms with Crippen LogP contribution in [-0.2, 0) is 13.6 Å². The van der Waals surface area contributed by atoms with Crippen molar-refractivity contribution >= 4 is 0 Å². The fraction of sp³-hybridized carbons (Fsp3) is 0.786. The fourth-order valence-electron chi connectivity index (χ4n) is 2.35. The molecular formula is C14H27N3. The molecule has 1 rings (SSSR count). The van der Waals surface area contributed by atoms with Crippen LogP contribution in [0.3, 0.4) is 0 Å². The molecule has 0 aliphatic heterocycles. The van der Waals surface area contributed by atoms with Gasteiger partial charge in [-0.25, -0.2) is 0 Å². The van der Waals surface area contributed by atoms with Gasteiger partial charge in [0.1, 0.15) is 0 Å². The van der Waals surface area contributed by atoms with Crippen LogP contribution in [0, 0.1) is 6.92 Å². The minimum atomic E-state index is 0.713. The smallest absolute Gasteiger partial charge is 0.0537 e. The highest BCUT2D eigenvalue weighted by molar-refractivity contribution is 5.15. The van der Waals surface area contributed by atoms with Crippen LogP contribution in [0.4, 0.5) is 0 Å². The quantitative estimate of drug-likeness (QED) is 0.726. The standard InChI is InChI=1S/C14H27N3/c1-6-8-14(9-7-2)16(4)11-13-10-15-17(5)12(13)3/h10,14H,6-9,11H2,1-5H3. The minimum Gasteiger partial charge on any atom is -0.299 e. The van der Waals surface area contributed by atoms with Crippen LogP contribution in [0.25, 0.3) is 0 Å². The highest BCUT2D eigenvalue weighted by Crippen LogP contribution is 2.16. The van der Waals surface area contributed by atoms with Crippen molar-refractivity contribution in [1.82, 2.24) is 14.7 Å². The summed E-state index contributed by atoms with van der Waals surface area (Å²) in [5.41, 5.74) is 2.64. The third kappa shape index (κ3) is 3.84. The Hall–Kier alpha value is -0.830. The second-order valence-corrected chi connectivity index (χ2v) is 5.03. The van der Waals surface area contributed by atoms with E-state index in [1.54, 1.807) is 0 Å². The first-order valence-corrected chi connectivity index (χ1v) is 6.77. The van der Waals surface area contributed by atoms with Crippen LogP contribution in [0.2, 0.25) is 0 Å². The van der Waals surface area contributed by atoms with Crippen LogP contribution in [0.1, 0.15) is 50.8 Å². The fourth-order valence-corrected chi connectivity index (χ4v) is 2.35. The summed E-state index contributed by atoms with van der Waals surface area (Å²) in [6, 6.07) is 0.713. The number of hydrogen-bond acceptors (Lipinski definition) is 2. The van der Waals surface area contributed by atoms with Crippen LogP contribution < -0.4 is 0 Å². The number of aryl methyl sites for hydroxylation is 1. The molecule has 0 spiro atoms. The number of aromatic nitrogens is 2. The molecule has 0 bridgehead atoms. The van der Waals surface area contributed by atoms with E-state index < -0.39 is 0 Å². The molecular weight excluding hydrogens is 210 g/mol. The van der Waals surface area contributed by atoms with Crippen LogP contribution >= 0.6 is 0 Å². The summed E-state index contributed by atoms with van der Waals surface area (Å²) in [5, 5.41) is 4.31. The Labute approximate surface area is 106 Å². The van der Waals surface area contributed by atoms with Crippen molar-refractivity contribution in [2.75, 3.05) is 7.05 Å². The van der Waals surface area contributed by atoms with E-state index in [0.29, 0.717) is 6.04 Å². The van der Waals surface area contributed by atoms with Gasteiger partial charge in [-0.15, -0.1) is 0 Å². The largest absolute Gasteiger partial charge is 0.299 e. The molecule has 98 valence electrons. The van der Waals surface area contributed by atoms with Gasteiger partial charge in [0.15, 0.2) is 0 Å². The van der Waals surface area contributed by atoms with Crippen molar-refractivity contribution in [3.05, 3.63) is 17.5 Å². The third-order valence-corrected chi connectivity index (χ3v) is 3.62. The molecule has 3 heteroatoms. The molecule has 1 aromatic rings. The van der Waals surface area contributed by atoms with Gasteiger partial charge >= 0.3 is 0 Å². The average molecular weight is 237 g/mol. The first-order valence-electron chi connectivity index (χ1n) is 6.77. The van der Waals surface area contributed by atoms with E-state index in [9.17, 15) is 0 Å². The van der Waals surface area contributed by atoms with Crippen molar-refractivity contribution in [2.45, 2.75) is 59.0 Å². The molecule has 0 unspecified atom stereocenters.